The number of para-hydroxylation sites is 1. The quantitative estimate of drug-likeness (QED) is 0.740. The smallest absolute Gasteiger partial charge is 0.441 e. The Morgan fingerprint density at radius 1 is 1.29 bits per heavy atom. The number of hydrogen-bond donors (Lipinski definition) is 1. The molecule has 0 heterocycles. The van der Waals surface area contributed by atoms with Crippen LogP contribution >= 0.6 is 11.8 Å². The van der Waals surface area contributed by atoms with Crippen LogP contribution in [-0.2, 0) is 6.42 Å². The molecule has 21 heavy (non-hydrogen) atoms. The van der Waals surface area contributed by atoms with Gasteiger partial charge in [0.25, 0.3) is 0 Å². The van der Waals surface area contributed by atoms with Gasteiger partial charge in [-0.15, -0.1) is 0 Å². The first-order chi connectivity index (χ1) is 9.96. The fraction of sp³-hybridized carbons (Fsp3) is 0.600. The van der Waals surface area contributed by atoms with E-state index < -0.39 is 5.51 Å². The van der Waals surface area contributed by atoms with Crippen LogP contribution in [0.3, 0.4) is 0 Å². The molecule has 0 spiro atoms. The van der Waals surface area contributed by atoms with Gasteiger partial charge in [0.15, 0.2) is 0 Å². The van der Waals surface area contributed by atoms with Gasteiger partial charge < -0.3 is 10.1 Å². The van der Waals surface area contributed by atoms with Crippen LogP contribution in [0.25, 0.3) is 0 Å². The third-order valence-corrected chi connectivity index (χ3v) is 3.94. The van der Waals surface area contributed by atoms with Gasteiger partial charge in [0, 0.05) is 5.75 Å². The lowest BCUT2D eigenvalue weighted by molar-refractivity contribution is -0.0328. The Hall–Kier alpha value is -0.880. The van der Waals surface area contributed by atoms with Crippen molar-refractivity contribution in [1.82, 2.24) is 5.32 Å². The number of methoxy groups -OCH3 is 1. The average molecular weight is 321 g/mol. The maximum atomic E-state index is 12.2. The van der Waals surface area contributed by atoms with E-state index in [-0.39, 0.29) is 23.4 Å². The van der Waals surface area contributed by atoms with E-state index in [1.807, 2.05) is 31.2 Å². The lowest BCUT2D eigenvalue weighted by Gasteiger charge is -2.19. The van der Waals surface area contributed by atoms with Crippen molar-refractivity contribution in [3.63, 3.8) is 0 Å². The van der Waals surface area contributed by atoms with Crippen LogP contribution in [0.2, 0.25) is 0 Å². The van der Waals surface area contributed by atoms with Crippen molar-refractivity contribution in [3.05, 3.63) is 29.8 Å². The van der Waals surface area contributed by atoms with Crippen molar-refractivity contribution in [1.29, 1.82) is 0 Å². The molecule has 0 aliphatic heterocycles. The monoisotopic (exact) mass is 321 g/mol. The SMILES string of the molecule is CCNCC(CCSC(F)(F)F)Cc1ccccc1OC. The van der Waals surface area contributed by atoms with Crippen molar-refractivity contribution < 1.29 is 17.9 Å². The molecule has 0 saturated heterocycles. The topological polar surface area (TPSA) is 21.3 Å². The molecule has 1 rings (SSSR count). The molecule has 120 valence electrons. The highest BCUT2D eigenvalue weighted by molar-refractivity contribution is 8.00. The summed E-state index contributed by atoms with van der Waals surface area (Å²) in [4.78, 5) is 0. The van der Waals surface area contributed by atoms with Crippen LogP contribution in [0, 0.1) is 5.92 Å². The Bertz CT molecular complexity index is 412. The zero-order chi connectivity index (χ0) is 15.7. The molecule has 1 atom stereocenters. The van der Waals surface area contributed by atoms with E-state index in [1.165, 1.54) is 0 Å². The summed E-state index contributed by atoms with van der Waals surface area (Å²) >= 11 is 0.0568. The minimum atomic E-state index is -4.15. The maximum Gasteiger partial charge on any atom is 0.441 e. The average Bonchev–Trinajstić information content (AvgIpc) is 2.43. The van der Waals surface area contributed by atoms with Crippen LogP contribution in [-0.4, -0.2) is 31.5 Å². The second kappa shape index (κ2) is 9.20. The molecule has 0 saturated carbocycles. The van der Waals surface area contributed by atoms with E-state index >= 15 is 0 Å². The predicted molar refractivity (Wildman–Crippen MR) is 81.9 cm³/mol. The number of ether oxygens (including phenoxy) is 1. The molecule has 1 aromatic carbocycles. The molecule has 0 amide bonds. The van der Waals surface area contributed by atoms with Gasteiger partial charge >= 0.3 is 5.51 Å². The van der Waals surface area contributed by atoms with Gasteiger partial charge in [0.05, 0.1) is 7.11 Å². The Labute approximate surface area is 128 Å². The van der Waals surface area contributed by atoms with E-state index in [1.54, 1.807) is 7.11 Å². The van der Waals surface area contributed by atoms with Gasteiger partial charge in [-0.2, -0.15) is 13.2 Å². The highest BCUT2D eigenvalue weighted by Crippen LogP contribution is 2.32. The summed E-state index contributed by atoms with van der Waals surface area (Å²) < 4.78 is 42.0. The molecule has 0 radical (unpaired) electrons. The second-order valence-electron chi connectivity index (χ2n) is 4.77. The standard InChI is InChI=1S/C15H22F3NOS/c1-3-19-11-12(8-9-21-15(16,17)18)10-13-6-4-5-7-14(13)20-2/h4-7,12,19H,3,8-11H2,1-2H3. The van der Waals surface area contributed by atoms with Gasteiger partial charge in [-0.3, -0.25) is 0 Å². The molecule has 0 bridgehead atoms. The molecule has 0 aromatic heterocycles. The van der Waals surface area contributed by atoms with Crippen LogP contribution in [0.15, 0.2) is 24.3 Å². The number of hydrogen-bond acceptors (Lipinski definition) is 3. The Morgan fingerprint density at radius 2 is 2.00 bits per heavy atom. The van der Waals surface area contributed by atoms with E-state index in [0.29, 0.717) is 13.0 Å². The molecule has 0 fully saturated rings. The molecule has 0 aliphatic rings. The van der Waals surface area contributed by atoms with Crippen LogP contribution in [0.4, 0.5) is 13.2 Å². The van der Waals surface area contributed by atoms with Crippen LogP contribution < -0.4 is 10.1 Å². The minimum Gasteiger partial charge on any atom is -0.496 e. The first kappa shape index (κ1) is 18.2. The van der Waals surface area contributed by atoms with Crippen LogP contribution in [0.1, 0.15) is 18.9 Å². The molecule has 1 unspecified atom stereocenters. The predicted octanol–water partition coefficient (Wildman–Crippen LogP) is 4.11. The molecule has 0 aliphatic carbocycles. The third kappa shape index (κ3) is 7.62. The molecular formula is C15H22F3NOS. The summed E-state index contributed by atoms with van der Waals surface area (Å²) in [5.41, 5.74) is -3.10. The molecule has 1 aromatic rings. The molecular weight excluding hydrogens is 299 g/mol. The number of benzene rings is 1. The largest absolute Gasteiger partial charge is 0.496 e. The fourth-order valence-electron chi connectivity index (χ4n) is 2.15. The lowest BCUT2D eigenvalue weighted by Crippen LogP contribution is -2.25. The normalized spacial score (nSPS) is 13.2. The molecule has 2 nitrogen and oxygen atoms in total. The summed E-state index contributed by atoms with van der Waals surface area (Å²) in [6.07, 6.45) is 1.24. The Morgan fingerprint density at radius 3 is 2.62 bits per heavy atom. The number of halogens is 3. The van der Waals surface area contributed by atoms with Crippen molar-refractivity contribution in [3.8, 4) is 5.75 Å². The van der Waals surface area contributed by atoms with E-state index in [0.717, 1.165) is 24.3 Å². The minimum absolute atomic E-state index is 0.0568. The van der Waals surface area contributed by atoms with Gasteiger partial charge in [-0.1, -0.05) is 36.9 Å². The van der Waals surface area contributed by atoms with Crippen molar-refractivity contribution >= 4 is 11.8 Å². The summed E-state index contributed by atoms with van der Waals surface area (Å²) in [6, 6.07) is 7.66. The molecule has 1 N–H and O–H groups in total. The first-order valence-electron chi connectivity index (χ1n) is 6.99. The summed E-state index contributed by atoms with van der Waals surface area (Å²) in [5, 5.41) is 3.22. The van der Waals surface area contributed by atoms with Gasteiger partial charge in [0.1, 0.15) is 5.75 Å². The van der Waals surface area contributed by atoms with Gasteiger partial charge in [-0.25, -0.2) is 0 Å². The maximum absolute atomic E-state index is 12.2. The number of rotatable bonds is 9. The van der Waals surface area contributed by atoms with E-state index in [2.05, 4.69) is 5.32 Å². The number of thioether (sulfide) groups is 1. The Balaban J connectivity index is 2.60. The Kier molecular flexibility index (Phi) is 7.96. The zero-order valence-corrected chi connectivity index (χ0v) is 13.2. The summed E-state index contributed by atoms with van der Waals surface area (Å²) in [6.45, 7) is 3.52. The third-order valence-electron chi connectivity index (χ3n) is 3.18. The highest BCUT2D eigenvalue weighted by Gasteiger charge is 2.28. The number of nitrogens with one attached hydrogen (secondary N) is 1. The summed E-state index contributed by atoms with van der Waals surface area (Å²) in [5.74, 6) is 1.05. The van der Waals surface area contributed by atoms with E-state index in [9.17, 15) is 13.2 Å². The van der Waals surface area contributed by atoms with Crippen molar-refractivity contribution in [2.24, 2.45) is 5.92 Å². The zero-order valence-electron chi connectivity index (χ0n) is 12.4. The van der Waals surface area contributed by atoms with Crippen molar-refractivity contribution in [2.45, 2.75) is 25.3 Å². The van der Waals surface area contributed by atoms with Crippen LogP contribution in [0.5, 0.6) is 5.75 Å². The van der Waals surface area contributed by atoms with Crippen molar-refractivity contribution in [2.75, 3.05) is 26.0 Å². The first-order valence-corrected chi connectivity index (χ1v) is 7.98. The summed E-state index contributed by atoms with van der Waals surface area (Å²) in [7, 11) is 1.61. The van der Waals surface area contributed by atoms with E-state index in [4.69, 9.17) is 4.74 Å². The lowest BCUT2D eigenvalue weighted by atomic mass is 9.96. The highest BCUT2D eigenvalue weighted by atomic mass is 32.2. The fourth-order valence-corrected chi connectivity index (χ4v) is 2.83. The number of alkyl halides is 3. The van der Waals surface area contributed by atoms with Gasteiger partial charge in [0.2, 0.25) is 0 Å². The second-order valence-corrected chi connectivity index (χ2v) is 5.93. The molecule has 6 heteroatoms. The van der Waals surface area contributed by atoms with Gasteiger partial charge in [-0.05, 0) is 43.5 Å².